The van der Waals surface area contributed by atoms with Crippen LogP contribution in [0.2, 0.25) is 0 Å². The first-order valence-corrected chi connectivity index (χ1v) is 5.64. The number of rotatable bonds is 5. The van der Waals surface area contributed by atoms with Crippen molar-refractivity contribution < 1.29 is 14.8 Å². The molecule has 0 aliphatic rings. The first-order chi connectivity index (χ1) is 10.5. The summed E-state index contributed by atoms with van der Waals surface area (Å²) in [6, 6.07) is 5.07. The Morgan fingerprint density at radius 2 is 2.27 bits per heavy atom. The maximum atomic E-state index is 11.0. The molecule has 11 heteroatoms. The second kappa shape index (κ2) is 6.09. The number of allylic oxidation sites excluding steroid dienone is 1. The first-order valence-electron chi connectivity index (χ1n) is 5.64. The number of non-ortho nitro benzene ring substituents is 1. The Hall–Kier alpha value is -3.81. The molecule has 0 atom stereocenters. The smallest absolute Gasteiger partial charge is 0.336 e. The minimum Gasteiger partial charge on any atom is -0.478 e. The van der Waals surface area contributed by atoms with Gasteiger partial charge in [-0.2, -0.15) is 10.5 Å². The van der Waals surface area contributed by atoms with Gasteiger partial charge in [0.1, 0.15) is 11.6 Å². The number of tetrazole rings is 1. The summed E-state index contributed by atoms with van der Waals surface area (Å²) in [5.41, 5.74) is -0.517. The Morgan fingerprint density at radius 1 is 1.50 bits per heavy atom. The van der Waals surface area contributed by atoms with Crippen molar-refractivity contribution in [3.05, 3.63) is 45.9 Å². The zero-order valence-electron chi connectivity index (χ0n) is 10.7. The molecule has 0 aliphatic heterocycles. The van der Waals surface area contributed by atoms with E-state index in [0.29, 0.717) is 0 Å². The molecular weight excluding hydrogens is 294 g/mol. The van der Waals surface area contributed by atoms with E-state index in [1.54, 1.807) is 0 Å². The van der Waals surface area contributed by atoms with Crippen molar-refractivity contribution in [3.63, 3.8) is 0 Å². The normalized spacial score (nSPS) is 10.8. The van der Waals surface area contributed by atoms with Crippen molar-refractivity contribution in [1.82, 2.24) is 20.6 Å². The van der Waals surface area contributed by atoms with E-state index in [4.69, 9.17) is 10.4 Å². The van der Waals surface area contributed by atoms with Gasteiger partial charge >= 0.3 is 5.97 Å². The fourth-order valence-electron chi connectivity index (χ4n) is 1.50. The van der Waals surface area contributed by atoms with E-state index in [9.17, 15) is 14.9 Å². The van der Waals surface area contributed by atoms with Crippen LogP contribution < -0.4 is 5.32 Å². The van der Waals surface area contributed by atoms with Crippen LogP contribution >= 0.6 is 0 Å². The summed E-state index contributed by atoms with van der Waals surface area (Å²) in [6.45, 7) is 0. The highest BCUT2D eigenvalue weighted by Crippen LogP contribution is 2.21. The number of hydrogen-bond donors (Lipinski definition) is 3. The van der Waals surface area contributed by atoms with Crippen LogP contribution in [0.1, 0.15) is 16.2 Å². The van der Waals surface area contributed by atoms with Crippen molar-refractivity contribution in [2.45, 2.75) is 0 Å². The molecule has 22 heavy (non-hydrogen) atoms. The van der Waals surface area contributed by atoms with Gasteiger partial charge < -0.3 is 10.4 Å². The number of nitro benzene ring substituents is 1. The van der Waals surface area contributed by atoms with Gasteiger partial charge in [-0.1, -0.05) is 0 Å². The molecule has 0 saturated carbocycles. The van der Waals surface area contributed by atoms with Crippen LogP contribution in [0.25, 0.3) is 5.57 Å². The highest BCUT2D eigenvalue weighted by molar-refractivity contribution is 5.90. The predicted molar refractivity (Wildman–Crippen MR) is 71.4 cm³/mol. The minimum atomic E-state index is -1.31. The van der Waals surface area contributed by atoms with Crippen LogP contribution in [0.4, 0.5) is 11.4 Å². The SMILES string of the molecule is N#CC(=CNc1cc(C(=O)O)cc([N+](=O)[O-])c1)c1nn[nH]n1. The summed E-state index contributed by atoms with van der Waals surface area (Å²) in [7, 11) is 0. The van der Waals surface area contributed by atoms with Crippen LogP contribution in [-0.2, 0) is 0 Å². The van der Waals surface area contributed by atoms with Crippen LogP contribution in [0.15, 0.2) is 24.4 Å². The number of nitrogens with zero attached hydrogens (tertiary/aromatic N) is 5. The van der Waals surface area contributed by atoms with Crippen LogP contribution in [0, 0.1) is 21.4 Å². The fourth-order valence-corrected chi connectivity index (χ4v) is 1.50. The molecule has 2 rings (SSSR count). The number of benzene rings is 1. The van der Waals surface area contributed by atoms with Crippen LogP contribution in [-0.4, -0.2) is 36.6 Å². The molecule has 0 saturated heterocycles. The first kappa shape index (κ1) is 14.6. The number of aromatic carboxylic acids is 1. The molecule has 0 aliphatic carbocycles. The number of aromatic nitrogens is 4. The Labute approximate surface area is 122 Å². The van der Waals surface area contributed by atoms with E-state index < -0.39 is 16.6 Å². The van der Waals surface area contributed by atoms with Gasteiger partial charge in [-0.25, -0.2) is 4.79 Å². The third kappa shape index (κ3) is 3.20. The number of hydrogen-bond acceptors (Lipinski definition) is 8. The fraction of sp³-hybridized carbons (Fsp3) is 0. The van der Waals surface area contributed by atoms with E-state index in [-0.39, 0.29) is 22.6 Å². The monoisotopic (exact) mass is 301 g/mol. The third-order valence-corrected chi connectivity index (χ3v) is 2.47. The number of nitrogens with one attached hydrogen (secondary N) is 2. The Balaban J connectivity index is 2.35. The summed E-state index contributed by atoms with van der Waals surface area (Å²) >= 11 is 0. The molecule has 0 amide bonds. The minimum absolute atomic E-state index is 0.0112. The highest BCUT2D eigenvalue weighted by atomic mass is 16.6. The number of nitriles is 1. The summed E-state index contributed by atoms with van der Waals surface area (Å²) in [5.74, 6) is -1.28. The van der Waals surface area contributed by atoms with Gasteiger partial charge in [-0.15, -0.1) is 10.2 Å². The Kier molecular flexibility index (Phi) is 4.04. The van der Waals surface area contributed by atoms with Crippen molar-refractivity contribution in [2.24, 2.45) is 0 Å². The second-order valence-electron chi connectivity index (χ2n) is 3.88. The van der Waals surface area contributed by atoms with Crippen molar-refractivity contribution in [1.29, 1.82) is 5.26 Å². The molecule has 11 nitrogen and oxygen atoms in total. The lowest BCUT2D eigenvalue weighted by molar-refractivity contribution is -0.384. The number of carboxylic acids is 1. The standard InChI is InChI=1S/C11H7N7O4/c12-4-7(10-14-16-17-15-10)5-13-8-1-6(11(19)20)2-9(3-8)18(21)22/h1-3,5,13H,(H,19,20)(H,14,15,16,17). The van der Waals surface area contributed by atoms with Gasteiger partial charge in [0.05, 0.1) is 10.5 Å². The zero-order chi connectivity index (χ0) is 16.1. The molecule has 0 spiro atoms. The summed E-state index contributed by atoms with van der Waals surface area (Å²) in [6.07, 6.45) is 1.19. The van der Waals surface area contributed by atoms with Crippen LogP contribution in [0.3, 0.4) is 0 Å². The lowest BCUT2D eigenvalue weighted by Crippen LogP contribution is -2.01. The molecule has 1 aromatic heterocycles. The second-order valence-corrected chi connectivity index (χ2v) is 3.88. The molecule has 3 N–H and O–H groups in total. The molecule has 1 aromatic carbocycles. The molecule has 0 radical (unpaired) electrons. The summed E-state index contributed by atoms with van der Waals surface area (Å²) in [5, 5.41) is 44.0. The highest BCUT2D eigenvalue weighted by Gasteiger charge is 2.14. The summed E-state index contributed by atoms with van der Waals surface area (Å²) in [4.78, 5) is 21.0. The number of nitro groups is 1. The van der Waals surface area contributed by atoms with Crippen molar-refractivity contribution in [3.8, 4) is 6.07 Å². The van der Waals surface area contributed by atoms with Gasteiger partial charge in [0.25, 0.3) is 5.69 Å². The van der Waals surface area contributed by atoms with Gasteiger partial charge in [-0.3, -0.25) is 10.1 Å². The van der Waals surface area contributed by atoms with E-state index in [0.717, 1.165) is 12.1 Å². The van der Waals surface area contributed by atoms with Gasteiger partial charge in [-0.05, 0) is 11.3 Å². The maximum Gasteiger partial charge on any atom is 0.336 e. The molecule has 2 aromatic rings. The Bertz CT molecular complexity index is 759. The molecule has 0 unspecified atom stereocenters. The lowest BCUT2D eigenvalue weighted by Gasteiger charge is -2.03. The van der Waals surface area contributed by atoms with Gasteiger partial charge in [0, 0.05) is 24.0 Å². The molecule has 110 valence electrons. The number of H-pyrrole nitrogens is 1. The van der Waals surface area contributed by atoms with E-state index in [1.165, 1.54) is 12.3 Å². The van der Waals surface area contributed by atoms with Crippen molar-refractivity contribution in [2.75, 3.05) is 5.32 Å². The third-order valence-electron chi connectivity index (χ3n) is 2.47. The average molecular weight is 301 g/mol. The topological polar surface area (TPSA) is 171 Å². The molecule has 0 fully saturated rings. The summed E-state index contributed by atoms with van der Waals surface area (Å²) < 4.78 is 0. The largest absolute Gasteiger partial charge is 0.478 e. The number of carbonyl (C=O) groups is 1. The number of anilines is 1. The molecule has 0 bridgehead atoms. The van der Waals surface area contributed by atoms with Gasteiger partial charge in [0.2, 0.25) is 5.82 Å². The number of aromatic amines is 1. The number of carboxylic acid groups (broad SMARTS) is 1. The van der Waals surface area contributed by atoms with E-state index >= 15 is 0 Å². The molecule has 1 heterocycles. The average Bonchev–Trinajstić information content (AvgIpc) is 3.01. The molecular formula is C11H7N7O4. The maximum absolute atomic E-state index is 11.0. The predicted octanol–water partition coefficient (Wildman–Crippen LogP) is 0.783. The quantitative estimate of drug-likeness (QED) is 0.410. The van der Waals surface area contributed by atoms with E-state index in [1.807, 2.05) is 6.07 Å². The van der Waals surface area contributed by atoms with E-state index in [2.05, 4.69) is 25.9 Å². The van der Waals surface area contributed by atoms with Crippen molar-refractivity contribution >= 4 is 22.9 Å². The van der Waals surface area contributed by atoms with Gasteiger partial charge in [0.15, 0.2) is 0 Å². The Morgan fingerprint density at radius 3 is 2.82 bits per heavy atom. The lowest BCUT2D eigenvalue weighted by atomic mass is 10.1. The van der Waals surface area contributed by atoms with Crippen LogP contribution in [0.5, 0.6) is 0 Å². The zero-order valence-corrected chi connectivity index (χ0v) is 10.7.